The van der Waals surface area contributed by atoms with Crippen molar-refractivity contribution in [3.63, 3.8) is 0 Å². The molecule has 18 heavy (non-hydrogen) atoms. The standard InChI is InChI=1S/C13H14N4S/c1-8-4-9(2)17-13(11(8)5-14)15-6-12-10(3)16-7-18-12/h4,7H,6H2,1-3H3,(H,15,17). The molecule has 0 radical (unpaired) electrons. The van der Waals surface area contributed by atoms with Gasteiger partial charge >= 0.3 is 0 Å². The van der Waals surface area contributed by atoms with Crippen molar-refractivity contribution in [2.45, 2.75) is 27.3 Å². The molecule has 0 saturated carbocycles. The number of thiazole rings is 1. The maximum atomic E-state index is 9.16. The second kappa shape index (κ2) is 5.15. The SMILES string of the molecule is Cc1cc(C)c(C#N)c(NCc2scnc2C)n1. The molecular weight excluding hydrogens is 244 g/mol. The number of aromatic nitrogens is 2. The van der Waals surface area contributed by atoms with E-state index < -0.39 is 0 Å². The monoisotopic (exact) mass is 258 g/mol. The van der Waals surface area contributed by atoms with Crippen molar-refractivity contribution in [2.75, 3.05) is 5.32 Å². The van der Waals surface area contributed by atoms with Gasteiger partial charge in [0.25, 0.3) is 0 Å². The summed E-state index contributed by atoms with van der Waals surface area (Å²) >= 11 is 1.61. The number of nitrogens with one attached hydrogen (secondary N) is 1. The van der Waals surface area contributed by atoms with Crippen LogP contribution in [-0.2, 0) is 6.54 Å². The van der Waals surface area contributed by atoms with Gasteiger partial charge in [-0.1, -0.05) is 0 Å². The van der Waals surface area contributed by atoms with Crippen LogP contribution in [0.5, 0.6) is 0 Å². The second-order valence-electron chi connectivity index (χ2n) is 4.13. The molecule has 2 aromatic heterocycles. The minimum atomic E-state index is 0.614. The Morgan fingerprint density at radius 1 is 1.39 bits per heavy atom. The predicted octanol–water partition coefficient (Wildman–Crippen LogP) is 2.95. The molecule has 0 atom stereocenters. The first-order chi connectivity index (χ1) is 8.61. The zero-order valence-corrected chi connectivity index (χ0v) is 11.4. The first-order valence-corrected chi connectivity index (χ1v) is 6.51. The molecule has 5 heteroatoms. The first kappa shape index (κ1) is 12.5. The molecule has 0 bridgehead atoms. The molecular formula is C13H14N4S. The molecule has 92 valence electrons. The van der Waals surface area contributed by atoms with E-state index >= 15 is 0 Å². The van der Waals surface area contributed by atoms with Crippen LogP contribution >= 0.6 is 11.3 Å². The van der Waals surface area contributed by atoms with Gasteiger partial charge in [-0.05, 0) is 32.4 Å². The maximum Gasteiger partial charge on any atom is 0.144 e. The Bertz CT molecular complexity index is 610. The lowest BCUT2D eigenvalue weighted by molar-refractivity contribution is 1.07. The van der Waals surface area contributed by atoms with Crippen molar-refractivity contribution in [2.24, 2.45) is 0 Å². The number of hydrogen-bond acceptors (Lipinski definition) is 5. The van der Waals surface area contributed by atoms with E-state index in [1.165, 1.54) is 4.88 Å². The van der Waals surface area contributed by atoms with Crippen LogP contribution in [0.2, 0.25) is 0 Å². The molecule has 0 amide bonds. The quantitative estimate of drug-likeness (QED) is 0.919. The lowest BCUT2D eigenvalue weighted by Gasteiger charge is -2.09. The highest BCUT2D eigenvalue weighted by molar-refractivity contribution is 7.09. The zero-order chi connectivity index (χ0) is 13.1. The molecule has 0 saturated heterocycles. The molecule has 0 aliphatic carbocycles. The minimum Gasteiger partial charge on any atom is -0.364 e. The summed E-state index contributed by atoms with van der Waals surface area (Å²) in [7, 11) is 0. The van der Waals surface area contributed by atoms with Crippen LogP contribution in [0.1, 0.15) is 27.4 Å². The lowest BCUT2D eigenvalue weighted by atomic mass is 10.1. The molecule has 0 aromatic carbocycles. The normalized spacial score (nSPS) is 10.1. The van der Waals surface area contributed by atoms with E-state index in [4.69, 9.17) is 5.26 Å². The van der Waals surface area contributed by atoms with Crippen molar-refractivity contribution >= 4 is 17.2 Å². The predicted molar refractivity (Wildman–Crippen MR) is 72.6 cm³/mol. The molecule has 2 rings (SSSR count). The summed E-state index contributed by atoms with van der Waals surface area (Å²) < 4.78 is 0. The van der Waals surface area contributed by atoms with Gasteiger partial charge in [-0.25, -0.2) is 9.97 Å². The second-order valence-corrected chi connectivity index (χ2v) is 5.07. The Labute approximate surface area is 110 Å². The van der Waals surface area contributed by atoms with Gasteiger partial charge in [-0.15, -0.1) is 11.3 Å². The van der Waals surface area contributed by atoms with Gasteiger partial charge in [0.15, 0.2) is 0 Å². The number of nitriles is 1. The highest BCUT2D eigenvalue weighted by Gasteiger charge is 2.09. The highest BCUT2D eigenvalue weighted by Crippen LogP contribution is 2.20. The third kappa shape index (κ3) is 2.49. The van der Waals surface area contributed by atoms with Crippen LogP contribution in [0.4, 0.5) is 5.82 Å². The van der Waals surface area contributed by atoms with E-state index in [2.05, 4.69) is 21.4 Å². The molecule has 0 unspecified atom stereocenters. The zero-order valence-electron chi connectivity index (χ0n) is 10.6. The maximum absolute atomic E-state index is 9.16. The minimum absolute atomic E-state index is 0.614. The molecule has 2 heterocycles. The molecule has 0 spiro atoms. The fraction of sp³-hybridized carbons (Fsp3) is 0.308. The summed E-state index contributed by atoms with van der Waals surface area (Å²) in [6.07, 6.45) is 0. The Hall–Kier alpha value is -1.93. The summed E-state index contributed by atoms with van der Waals surface area (Å²) in [6, 6.07) is 4.12. The topological polar surface area (TPSA) is 61.6 Å². The van der Waals surface area contributed by atoms with E-state index in [-0.39, 0.29) is 0 Å². The average Bonchev–Trinajstić information content (AvgIpc) is 2.71. The molecule has 0 aliphatic rings. The summed E-state index contributed by atoms with van der Waals surface area (Å²) in [4.78, 5) is 9.75. The van der Waals surface area contributed by atoms with Crippen molar-refractivity contribution < 1.29 is 0 Å². The van der Waals surface area contributed by atoms with E-state index in [1.54, 1.807) is 11.3 Å². The van der Waals surface area contributed by atoms with Crippen LogP contribution in [0.15, 0.2) is 11.6 Å². The van der Waals surface area contributed by atoms with Crippen LogP contribution in [-0.4, -0.2) is 9.97 Å². The number of nitrogens with zero attached hydrogens (tertiary/aromatic N) is 3. The third-order valence-corrected chi connectivity index (χ3v) is 3.65. The molecule has 1 N–H and O–H groups in total. The molecule has 2 aromatic rings. The number of anilines is 1. The van der Waals surface area contributed by atoms with Gasteiger partial charge in [0.1, 0.15) is 11.9 Å². The van der Waals surface area contributed by atoms with Crippen molar-refractivity contribution in [3.05, 3.63) is 39.0 Å². The lowest BCUT2D eigenvalue weighted by Crippen LogP contribution is -2.05. The Balaban J connectivity index is 2.24. The van der Waals surface area contributed by atoms with E-state index in [0.29, 0.717) is 17.9 Å². The van der Waals surface area contributed by atoms with Gasteiger partial charge in [0.2, 0.25) is 0 Å². The summed E-state index contributed by atoms with van der Waals surface area (Å²) in [5.41, 5.74) is 5.33. The van der Waals surface area contributed by atoms with Crippen LogP contribution in [0.25, 0.3) is 0 Å². The van der Waals surface area contributed by atoms with Crippen molar-refractivity contribution in [1.82, 2.24) is 9.97 Å². The largest absolute Gasteiger partial charge is 0.364 e. The van der Waals surface area contributed by atoms with Crippen molar-refractivity contribution in [3.8, 4) is 6.07 Å². The first-order valence-electron chi connectivity index (χ1n) is 5.63. The van der Waals surface area contributed by atoms with Crippen LogP contribution in [0.3, 0.4) is 0 Å². The van der Waals surface area contributed by atoms with E-state index in [9.17, 15) is 0 Å². The summed E-state index contributed by atoms with van der Waals surface area (Å²) in [5, 5.41) is 12.4. The van der Waals surface area contributed by atoms with Crippen molar-refractivity contribution in [1.29, 1.82) is 5.26 Å². The number of hydrogen-bond donors (Lipinski definition) is 1. The van der Waals surface area contributed by atoms with Crippen LogP contribution < -0.4 is 5.32 Å². The van der Waals surface area contributed by atoms with E-state index in [1.807, 2.05) is 32.3 Å². The fourth-order valence-corrected chi connectivity index (χ4v) is 2.48. The number of pyridine rings is 1. The summed E-state index contributed by atoms with van der Waals surface area (Å²) in [6.45, 7) is 6.49. The fourth-order valence-electron chi connectivity index (χ4n) is 1.77. The van der Waals surface area contributed by atoms with Gasteiger partial charge in [-0.2, -0.15) is 5.26 Å². The molecule has 0 fully saturated rings. The Morgan fingerprint density at radius 2 is 2.17 bits per heavy atom. The van der Waals surface area contributed by atoms with Gasteiger partial charge in [0.05, 0.1) is 23.3 Å². The average molecular weight is 258 g/mol. The summed E-state index contributed by atoms with van der Waals surface area (Å²) in [5.74, 6) is 0.655. The van der Waals surface area contributed by atoms with Crippen LogP contribution in [0, 0.1) is 32.1 Å². The highest BCUT2D eigenvalue weighted by atomic mass is 32.1. The Kier molecular flexibility index (Phi) is 3.58. The molecule has 0 aliphatic heterocycles. The third-order valence-electron chi connectivity index (χ3n) is 2.72. The van der Waals surface area contributed by atoms with Gasteiger partial charge in [-0.3, -0.25) is 0 Å². The van der Waals surface area contributed by atoms with Gasteiger partial charge in [0, 0.05) is 10.6 Å². The molecule has 4 nitrogen and oxygen atoms in total. The Morgan fingerprint density at radius 3 is 2.78 bits per heavy atom. The van der Waals surface area contributed by atoms with E-state index in [0.717, 1.165) is 17.0 Å². The van der Waals surface area contributed by atoms with Gasteiger partial charge < -0.3 is 5.32 Å². The number of rotatable bonds is 3. The smallest absolute Gasteiger partial charge is 0.144 e. The number of aryl methyl sites for hydroxylation is 3.